The quantitative estimate of drug-likeness (QED) is 0.453. The van der Waals surface area contributed by atoms with Gasteiger partial charge in [0.25, 0.3) is 0 Å². The van der Waals surface area contributed by atoms with Crippen molar-refractivity contribution >= 4 is 0 Å². The lowest BCUT2D eigenvalue weighted by atomic mass is 9.77. The molecule has 0 spiro atoms. The molecule has 1 saturated carbocycles. The van der Waals surface area contributed by atoms with Crippen molar-refractivity contribution in [2.75, 3.05) is 13.7 Å². The van der Waals surface area contributed by atoms with Crippen LogP contribution in [-0.4, -0.2) is 13.7 Å². The molecule has 2 heteroatoms. The van der Waals surface area contributed by atoms with E-state index in [2.05, 4.69) is 50.2 Å². The Bertz CT molecular complexity index is 699. The van der Waals surface area contributed by atoms with Crippen molar-refractivity contribution in [2.24, 2.45) is 5.92 Å². The third-order valence-corrected chi connectivity index (χ3v) is 6.33. The number of benzene rings is 2. The van der Waals surface area contributed by atoms with Crippen molar-refractivity contribution in [1.82, 2.24) is 0 Å². The third-order valence-electron chi connectivity index (χ3n) is 6.33. The van der Waals surface area contributed by atoms with Crippen molar-refractivity contribution in [3.05, 3.63) is 59.7 Å². The van der Waals surface area contributed by atoms with Crippen LogP contribution in [0, 0.1) is 5.92 Å². The molecule has 0 N–H and O–H groups in total. The van der Waals surface area contributed by atoms with E-state index in [0.717, 1.165) is 23.3 Å². The van der Waals surface area contributed by atoms with Crippen molar-refractivity contribution in [1.29, 1.82) is 0 Å². The fourth-order valence-electron chi connectivity index (χ4n) is 4.38. The molecule has 2 aromatic rings. The molecule has 1 aliphatic rings. The summed E-state index contributed by atoms with van der Waals surface area (Å²) in [7, 11) is 1.71. The summed E-state index contributed by atoms with van der Waals surface area (Å²) in [6, 6.07) is 17.1. The van der Waals surface area contributed by atoms with E-state index in [-0.39, 0.29) is 0 Å². The maximum atomic E-state index is 6.06. The second-order valence-electron chi connectivity index (χ2n) is 8.42. The number of unbranched alkanes of at least 4 members (excludes halogenated alkanes) is 1. The van der Waals surface area contributed by atoms with E-state index in [1.807, 2.05) is 12.1 Å². The first kappa shape index (κ1) is 20.8. The molecule has 28 heavy (non-hydrogen) atoms. The van der Waals surface area contributed by atoms with Gasteiger partial charge in [0.05, 0.1) is 13.7 Å². The maximum absolute atomic E-state index is 6.06. The highest BCUT2D eigenvalue weighted by Gasteiger charge is 2.22. The minimum Gasteiger partial charge on any atom is -0.497 e. The minimum atomic E-state index is 0.327. The molecule has 0 amide bonds. The highest BCUT2D eigenvalue weighted by atomic mass is 16.5. The number of hydrogen-bond donors (Lipinski definition) is 0. The van der Waals surface area contributed by atoms with Crippen LogP contribution in [0.4, 0.5) is 0 Å². The van der Waals surface area contributed by atoms with Crippen LogP contribution in [0.3, 0.4) is 0 Å². The molecule has 0 heterocycles. The Kier molecular flexibility index (Phi) is 7.82. The van der Waals surface area contributed by atoms with Gasteiger partial charge in [-0.15, -0.1) is 0 Å². The lowest BCUT2D eigenvalue weighted by Crippen LogP contribution is -2.13. The van der Waals surface area contributed by atoms with E-state index in [4.69, 9.17) is 9.47 Å². The van der Waals surface area contributed by atoms with E-state index in [0.29, 0.717) is 12.5 Å². The molecule has 2 aromatic carbocycles. The zero-order valence-electron chi connectivity index (χ0n) is 17.8. The first-order valence-electron chi connectivity index (χ1n) is 11.1. The molecule has 1 fully saturated rings. The third kappa shape index (κ3) is 5.77. The van der Waals surface area contributed by atoms with Crippen LogP contribution in [0.25, 0.3) is 0 Å². The SMILES string of the molecule is CCCC[C@H]1CC[C@H](c2ccc(OC[C@H](C)c3cccc(OC)c3)cc2)CC1. The summed E-state index contributed by atoms with van der Waals surface area (Å²) in [4.78, 5) is 0. The van der Waals surface area contributed by atoms with Gasteiger partial charge in [0, 0.05) is 5.92 Å². The van der Waals surface area contributed by atoms with Gasteiger partial charge < -0.3 is 9.47 Å². The molecule has 0 saturated heterocycles. The second kappa shape index (κ2) is 10.5. The minimum absolute atomic E-state index is 0.327. The summed E-state index contributed by atoms with van der Waals surface area (Å²) in [5, 5.41) is 0. The summed E-state index contributed by atoms with van der Waals surface area (Å²) in [6.45, 7) is 5.17. The Morgan fingerprint density at radius 1 is 0.964 bits per heavy atom. The normalized spacial score (nSPS) is 20.5. The topological polar surface area (TPSA) is 18.5 Å². The zero-order valence-corrected chi connectivity index (χ0v) is 17.8. The average Bonchev–Trinajstić information content (AvgIpc) is 2.77. The summed E-state index contributed by atoms with van der Waals surface area (Å²) in [5.74, 6) is 3.90. The number of rotatable bonds is 9. The molecular formula is C26H36O2. The van der Waals surface area contributed by atoms with Crippen molar-refractivity contribution in [2.45, 2.75) is 70.6 Å². The predicted molar refractivity (Wildman–Crippen MR) is 118 cm³/mol. The van der Waals surface area contributed by atoms with Gasteiger partial charge in [-0.2, -0.15) is 0 Å². The zero-order chi connectivity index (χ0) is 19.8. The molecule has 2 nitrogen and oxygen atoms in total. The van der Waals surface area contributed by atoms with E-state index in [1.54, 1.807) is 7.11 Å². The molecule has 0 aromatic heterocycles. The van der Waals surface area contributed by atoms with Crippen LogP contribution in [0.5, 0.6) is 11.5 Å². The van der Waals surface area contributed by atoms with Crippen molar-refractivity contribution in [3.8, 4) is 11.5 Å². The summed E-state index contributed by atoms with van der Waals surface area (Å²) < 4.78 is 11.4. The summed E-state index contributed by atoms with van der Waals surface area (Å²) in [6.07, 6.45) is 9.67. The van der Waals surface area contributed by atoms with E-state index >= 15 is 0 Å². The number of hydrogen-bond acceptors (Lipinski definition) is 2. The van der Waals surface area contributed by atoms with E-state index in [1.165, 1.54) is 56.1 Å². The lowest BCUT2D eigenvalue weighted by molar-refractivity contribution is 0.294. The smallest absolute Gasteiger partial charge is 0.119 e. The first-order valence-corrected chi connectivity index (χ1v) is 11.1. The lowest BCUT2D eigenvalue weighted by Gasteiger charge is -2.29. The molecule has 0 bridgehead atoms. The van der Waals surface area contributed by atoms with Gasteiger partial charge in [0.2, 0.25) is 0 Å². The molecule has 0 unspecified atom stereocenters. The van der Waals surface area contributed by atoms with Gasteiger partial charge in [-0.05, 0) is 72.9 Å². The van der Waals surface area contributed by atoms with Gasteiger partial charge in [-0.25, -0.2) is 0 Å². The van der Waals surface area contributed by atoms with Gasteiger partial charge in [0.15, 0.2) is 0 Å². The molecule has 0 aliphatic heterocycles. The van der Waals surface area contributed by atoms with Crippen molar-refractivity contribution in [3.63, 3.8) is 0 Å². The molecular weight excluding hydrogens is 344 g/mol. The number of methoxy groups -OCH3 is 1. The van der Waals surface area contributed by atoms with Crippen LogP contribution >= 0.6 is 0 Å². The van der Waals surface area contributed by atoms with Gasteiger partial charge >= 0.3 is 0 Å². The summed E-state index contributed by atoms with van der Waals surface area (Å²) >= 11 is 0. The fraction of sp³-hybridized carbons (Fsp3) is 0.538. The Labute approximate surface area is 171 Å². The Hall–Kier alpha value is -1.96. The molecule has 0 radical (unpaired) electrons. The predicted octanol–water partition coefficient (Wildman–Crippen LogP) is 7.34. The Morgan fingerprint density at radius 2 is 1.71 bits per heavy atom. The van der Waals surface area contributed by atoms with E-state index in [9.17, 15) is 0 Å². The summed E-state index contributed by atoms with van der Waals surface area (Å²) in [5.41, 5.74) is 2.73. The average molecular weight is 381 g/mol. The largest absolute Gasteiger partial charge is 0.497 e. The molecule has 1 aliphatic carbocycles. The van der Waals surface area contributed by atoms with Crippen LogP contribution in [-0.2, 0) is 0 Å². The van der Waals surface area contributed by atoms with E-state index < -0.39 is 0 Å². The second-order valence-corrected chi connectivity index (χ2v) is 8.42. The van der Waals surface area contributed by atoms with Crippen molar-refractivity contribution < 1.29 is 9.47 Å². The Balaban J connectivity index is 1.48. The molecule has 3 rings (SSSR count). The standard InChI is InChI=1S/C26H36O2/c1-4-5-7-21-10-12-22(13-11-21)23-14-16-25(17-15-23)28-19-20(2)24-8-6-9-26(18-24)27-3/h6,8-9,14-18,20-22H,4-5,7,10-13,19H2,1-3H3/t20-,21-,22-/m0/s1. The maximum Gasteiger partial charge on any atom is 0.119 e. The number of ether oxygens (including phenoxy) is 2. The first-order chi connectivity index (χ1) is 13.7. The van der Waals surface area contributed by atoms with Crippen LogP contribution in [0.1, 0.15) is 81.8 Å². The Morgan fingerprint density at radius 3 is 2.39 bits per heavy atom. The molecule has 152 valence electrons. The van der Waals surface area contributed by atoms with Crippen LogP contribution in [0.2, 0.25) is 0 Å². The van der Waals surface area contributed by atoms with Gasteiger partial charge in [0.1, 0.15) is 11.5 Å². The highest BCUT2D eigenvalue weighted by Crippen LogP contribution is 2.38. The monoisotopic (exact) mass is 380 g/mol. The van der Waals surface area contributed by atoms with Gasteiger partial charge in [-0.3, -0.25) is 0 Å². The molecule has 1 atom stereocenters. The van der Waals surface area contributed by atoms with Crippen LogP contribution < -0.4 is 9.47 Å². The highest BCUT2D eigenvalue weighted by molar-refractivity contribution is 5.32. The van der Waals surface area contributed by atoms with Crippen LogP contribution in [0.15, 0.2) is 48.5 Å². The fourth-order valence-corrected chi connectivity index (χ4v) is 4.38. The van der Waals surface area contributed by atoms with Gasteiger partial charge in [-0.1, -0.05) is 57.4 Å².